The highest BCUT2D eigenvalue weighted by Crippen LogP contribution is 2.33. The van der Waals surface area contributed by atoms with Crippen molar-refractivity contribution in [3.63, 3.8) is 0 Å². The number of nitrogens with zero attached hydrogens (tertiary/aromatic N) is 3. The molecule has 1 aromatic heterocycles. The molecular weight excluding hydrogens is 316 g/mol. The molecule has 6 heteroatoms. The molecule has 132 valence electrons. The number of anilines is 1. The average molecular weight is 340 g/mol. The molecule has 0 aliphatic carbocycles. The van der Waals surface area contributed by atoms with Crippen molar-refractivity contribution in [3.05, 3.63) is 41.6 Å². The van der Waals surface area contributed by atoms with Crippen LogP contribution in [0.15, 0.2) is 30.3 Å². The Morgan fingerprint density at radius 1 is 1.16 bits per heavy atom. The maximum absolute atomic E-state index is 5.80. The fourth-order valence-electron chi connectivity index (χ4n) is 3.44. The molecule has 1 N–H and O–H groups in total. The predicted octanol–water partition coefficient (Wildman–Crippen LogP) is 2.31. The minimum Gasteiger partial charge on any atom is -0.486 e. The number of fused-ring (bicyclic) bond motifs is 1. The molecule has 0 spiro atoms. The zero-order valence-corrected chi connectivity index (χ0v) is 14.6. The van der Waals surface area contributed by atoms with Gasteiger partial charge in [0.05, 0.1) is 5.69 Å². The van der Waals surface area contributed by atoms with E-state index in [4.69, 9.17) is 9.47 Å². The van der Waals surface area contributed by atoms with E-state index in [2.05, 4.69) is 32.5 Å². The number of nitrogens with one attached hydrogen (secondary N) is 1. The van der Waals surface area contributed by atoms with Crippen molar-refractivity contribution in [2.24, 2.45) is 0 Å². The van der Waals surface area contributed by atoms with Crippen LogP contribution in [0.4, 0.5) is 5.82 Å². The van der Waals surface area contributed by atoms with Gasteiger partial charge in [-0.25, -0.2) is 0 Å². The largest absolute Gasteiger partial charge is 0.486 e. The van der Waals surface area contributed by atoms with E-state index in [1.165, 1.54) is 6.42 Å². The Hall–Kier alpha value is -2.34. The van der Waals surface area contributed by atoms with E-state index in [1.807, 2.05) is 25.1 Å². The number of rotatable bonds is 4. The molecule has 0 radical (unpaired) electrons. The van der Waals surface area contributed by atoms with E-state index in [1.54, 1.807) is 0 Å². The highest BCUT2D eigenvalue weighted by atomic mass is 16.6. The summed E-state index contributed by atoms with van der Waals surface area (Å²) in [7, 11) is 0. The molecule has 0 saturated carbocycles. The summed E-state index contributed by atoms with van der Waals surface area (Å²) in [5.41, 5.74) is 2.11. The van der Waals surface area contributed by atoms with Crippen molar-refractivity contribution < 1.29 is 9.47 Å². The lowest BCUT2D eigenvalue weighted by Crippen LogP contribution is -2.45. The second kappa shape index (κ2) is 7.27. The molecule has 2 aliphatic heterocycles. The highest BCUT2D eigenvalue weighted by molar-refractivity contribution is 5.47. The molecule has 1 aromatic carbocycles. The molecule has 25 heavy (non-hydrogen) atoms. The third-order valence-corrected chi connectivity index (χ3v) is 4.76. The topological polar surface area (TPSA) is 59.5 Å². The first-order valence-corrected chi connectivity index (χ1v) is 8.96. The van der Waals surface area contributed by atoms with Gasteiger partial charge in [-0.05, 0) is 38.0 Å². The number of hydrogen-bond donors (Lipinski definition) is 1. The van der Waals surface area contributed by atoms with E-state index >= 15 is 0 Å². The van der Waals surface area contributed by atoms with Crippen LogP contribution in [0.1, 0.15) is 24.1 Å². The highest BCUT2D eigenvalue weighted by Gasteiger charge is 2.22. The summed E-state index contributed by atoms with van der Waals surface area (Å²) in [6.45, 7) is 5.97. The predicted molar refractivity (Wildman–Crippen MR) is 96.3 cm³/mol. The summed E-state index contributed by atoms with van der Waals surface area (Å²) < 4.78 is 11.5. The summed E-state index contributed by atoms with van der Waals surface area (Å²) in [6.07, 6.45) is 2.32. The number of aryl methyl sites for hydroxylation is 1. The molecule has 0 bridgehead atoms. The van der Waals surface area contributed by atoms with Gasteiger partial charge in [0, 0.05) is 31.2 Å². The van der Waals surface area contributed by atoms with Crippen molar-refractivity contribution in [2.45, 2.75) is 32.4 Å². The van der Waals surface area contributed by atoms with Crippen LogP contribution in [0.25, 0.3) is 0 Å². The van der Waals surface area contributed by atoms with Crippen molar-refractivity contribution in [2.75, 3.05) is 31.2 Å². The van der Waals surface area contributed by atoms with Gasteiger partial charge in [-0.3, -0.25) is 0 Å². The van der Waals surface area contributed by atoms with Gasteiger partial charge in [-0.1, -0.05) is 12.1 Å². The summed E-state index contributed by atoms with van der Waals surface area (Å²) in [4.78, 5) is 2.31. The summed E-state index contributed by atoms with van der Waals surface area (Å²) >= 11 is 0. The minimum absolute atomic E-state index is 0.428. The normalized spacial score (nSPS) is 19.7. The summed E-state index contributed by atoms with van der Waals surface area (Å²) in [5.74, 6) is 2.70. The van der Waals surface area contributed by atoms with Crippen molar-refractivity contribution in [3.8, 4) is 11.5 Å². The van der Waals surface area contributed by atoms with Gasteiger partial charge in [0.25, 0.3) is 0 Å². The average Bonchev–Trinajstić information content (AvgIpc) is 2.67. The third-order valence-electron chi connectivity index (χ3n) is 4.76. The van der Waals surface area contributed by atoms with Crippen LogP contribution >= 0.6 is 0 Å². The zero-order valence-electron chi connectivity index (χ0n) is 14.6. The van der Waals surface area contributed by atoms with Crippen molar-refractivity contribution in [1.29, 1.82) is 0 Å². The van der Waals surface area contributed by atoms with Crippen molar-refractivity contribution >= 4 is 5.82 Å². The smallest absolute Gasteiger partial charge is 0.165 e. The van der Waals surface area contributed by atoms with Gasteiger partial charge >= 0.3 is 0 Å². The standard InChI is InChI=1S/C19H24N4O2/c1-14-7-8-18(22-21-14)23-9-3-5-16(13-23)20-12-15-4-2-6-17-19(15)25-11-10-24-17/h2,4,6-8,16,20H,3,5,9-13H2,1H3. The maximum Gasteiger partial charge on any atom is 0.165 e. The monoisotopic (exact) mass is 340 g/mol. The van der Waals surface area contributed by atoms with E-state index in [0.29, 0.717) is 19.3 Å². The molecule has 0 amide bonds. The molecule has 1 unspecified atom stereocenters. The number of hydrogen-bond acceptors (Lipinski definition) is 6. The number of aromatic nitrogens is 2. The number of ether oxygens (including phenoxy) is 2. The molecule has 2 aliphatic rings. The Morgan fingerprint density at radius 2 is 2.08 bits per heavy atom. The summed E-state index contributed by atoms with van der Waals surface area (Å²) in [5, 5.41) is 12.2. The van der Waals surface area contributed by atoms with E-state index in [-0.39, 0.29) is 0 Å². The van der Waals surface area contributed by atoms with Crippen LogP contribution in [0, 0.1) is 6.92 Å². The van der Waals surface area contributed by atoms with E-state index in [9.17, 15) is 0 Å². The Balaban J connectivity index is 1.39. The molecular formula is C19H24N4O2. The molecule has 6 nitrogen and oxygen atoms in total. The zero-order chi connectivity index (χ0) is 17.1. The Kier molecular flexibility index (Phi) is 4.70. The second-order valence-electron chi connectivity index (χ2n) is 6.64. The fraction of sp³-hybridized carbons (Fsp3) is 0.474. The first kappa shape index (κ1) is 16.1. The van der Waals surface area contributed by atoms with E-state index < -0.39 is 0 Å². The first-order chi connectivity index (χ1) is 12.3. The molecule has 2 aromatic rings. The lowest BCUT2D eigenvalue weighted by Gasteiger charge is -2.34. The fourth-order valence-corrected chi connectivity index (χ4v) is 3.44. The van der Waals surface area contributed by atoms with Gasteiger partial charge in [0.2, 0.25) is 0 Å². The number of piperidine rings is 1. The first-order valence-electron chi connectivity index (χ1n) is 8.96. The van der Waals surface area contributed by atoms with Crippen LogP contribution in [0.2, 0.25) is 0 Å². The number of benzene rings is 1. The molecule has 4 rings (SSSR count). The van der Waals surface area contributed by atoms with Gasteiger partial charge < -0.3 is 19.7 Å². The lowest BCUT2D eigenvalue weighted by atomic mass is 10.0. The Morgan fingerprint density at radius 3 is 2.96 bits per heavy atom. The second-order valence-corrected chi connectivity index (χ2v) is 6.64. The lowest BCUT2D eigenvalue weighted by molar-refractivity contribution is 0.169. The van der Waals surface area contributed by atoms with Gasteiger partial charge in [-0.15, -0.1) is 5.10 Å². The van der Waals surface area contributed by atoms with Gasteiger partial charge in [0.1, 0.15) is 13.2 Å². The van der Waals surface area contributed by atoms with Crippen LogP contribution in [0.3, 0.4) is 0 Å². The third kappa shape index (κ3) is 3.69. The molecule has 3 heterocycles. The molecule has 1 saturated heterocycles. The molecule has 1 fully saturated rings. The molecule has 1 atom stereocenters. The van der Waals surface area contributed by atoms with Crippen LogP contribution in [-0.4, -0.2) is 42.5 Å². The van der Waals surface area contributed by atoms with E-state index in [0.717, 1.165) is 54.6 Å². The maximum atomic E-state index is 5.80. The van der Waals surface area contributed by atoms with Crippen LogP contribution in [0.5, 0.6) is 11.5 Å². The van der Waals surface area contributed by atoms with Gasteiger partial charge in [-0.2, -0.15) is 5.10 Å². The quantitative estimate of drug-likeness (QED) is 0.922. The summed E-state index contributed by atoms with van der Waals surface area (Å²) in [6, 6.07) is 10.6. The van der Waals surface area contributed by atoms with Gasteiger partial charge in [0.15, 0.2) is 17.3 Å². The van der Waals surface area contributed by atoms with Crippen LogP contribution < -0.4 is 19.7 Å². The minimum atomic E-state index is 0.428. The Labute approximate surface area is 148 Å². The Bertz CT molecular complexity index is 720. The SMILES string of the molecule is Cc1ccc(N2CCCC(NCc3cccc4c3OCCO4)C2)nn1. The van der Waals surface area contributed by atoms with Crippen molar-refractivity contribution in [1.82, 2.24) is 15.5 Å². The number of para-hydroxylation sites is 1. The van der Waals surface area contributed by atoms with Crippen LogP contribution in [-0.2, 0) is 6.54 Å².